The molecule has 1 fully saturated rings. The van der Waals surface area contributed by atoms with Gasteiger partial charge in [-0.25, -0.2) is 0 Å². The van der Waals surface area contributed by atoms with Gasteiger partial charge in [0.15, 0.2) is 0 Å². The summed E-state index contributed by atoms with van der Waals surface area (Å²) in [5.41, 5.74) is 7.05. The molecule has 0 bridgehead atoms. The number of nitrogens with two attached hydrogens (primary N) is 1. The van der Waals surface area contributed by atoms with Crippen LogP contribution in [0.15, 0.2) is 18.3 Å². The fourth-order valence-electron chi connectivity index (χ4n) is 2.45. The highest BCUT2D eigenvalue weighted by Crippen LogP contribution is 2.38. The first-order valence-electron chi connectivity index (χ1n) is 6.11. The molecule has 1 saturated carbocycles. The van der Waals surface area contributed by atoms with E-state index in [2.05, 4.69) is 10.3 Å². The third-order valence-corrected chi connectivity index (χ3v) is 3.69. The molecule has 0 unspecified atom stereocenters. The van der Waals surface area contributed by atoms with Crippen LogP contribution in [0.2, 0.25) is 0 Å². The van der Waals surface area contributed by atoms with Crippen LogP contribution >= 0.6 is 0 Å². The molecule has 0 radical (unpaired) electrons. The van der Waals surface area contributed by atoms with E-state index in [9.17, 15) is 4.79 Å². The SMILES string of the molecule is Cc1ncccc1NC(=O)C1(CN)CCCC1. The van der Waals surface area contributed by atoms with Crippen LogP contribution < -0.4 is 11.1 Å². The largest absolute Gasteiger partial charge is 0.329 e. The first-order chi connectivity index (χ1) is 8.18. The Morgan fingerprint density at radius 2 is 2.24 bits per heavy atom. The molecule has 0 saturated heterocycles. The molecular weight excluding hydrogens is 214 g/mol. The van der Waals surface area contributed by atoms with Crippen LogP contribution in [0, 0.1) is 12.3 Å². The van der Waals surface area contributed by atoms with Gasteiger partial charge in [0, 0.05) is 12.7 Å². The van der Waals surface area contributed by atoms with Crippen LogP contribution in [0.3, 0.4) is 0 Å². The van der Waals surface area contributed by atoms with E-state index >= 15 is 0 Å². The summed E-state index contributed by atoms with van der Waals surface area (Å²) in [6.45, 7) is 2.32. The number of rotatable bonds is 3. The van der Waals surface area contributed by atoms with Gasteiger partial charge in [-0.1, -0.05) is 12.8 Å². The summed E-state index contributed by atoms with van der Waals surface area (Å²) in [5.74, 6) is 0.0496. The van der Waals surface area contributed by atoms with E-state index in [0.717, 1.165) is 37.1 Å². The molecule has 1 aliphatic rings. The average molecular weight is 233 g/mol. The van der Waals surface area contributed by atoms with Gasteiger partial charge in [0.1, 0.15) is 0 Å². The fourth-order valence-corrected chi connectivity index (χ4v) is 2.45. The number of carbonyl (C=O) groups is 1. The van der Waals surface area contributed by atoms with Crippen molar-refractivity contribution in [1.29, 1.82) is 0 Å². The number of nitrogens with one attached hydrogen (secondary N) is 1. The lowest BCUT2D eigenvalue weighted by molar-refractivity contribution is -0.124. The van der Waals surface area contributed by atoms with Crippen LogP contribution in [0.5, 0.6) is 0 Å². The van der Waals surface area contributed by atoms with Crippen LogP contribution in [-0.4, -0.2) is 17.4 Å². The van der Waals surface area contributed by atoms with Gasteiger partial charge in [0.25, 0.3) is 0 Å². The van der Waals surface area contributed by atoms with Crippen molar-refractivity contribution in [2.24, 2.45) is 11.1 Å². The predicted octanol–water partition coefficient (Wildman–Crippen LogP) is 1.85. The lowest BCUT2D eigenvalue weighted by atomic mass is 9.85. The minimum Gasteiger partial charge on any atom is -0.329 e. The average Bonchev–Trinajstić information content (AvgIpc) is 2.82. The smallest absolute Gasteiger partial charge is 0.231 e. The molecule has 92 valence electrons. The van der Waals surface area contributed by atoms with Crippen molar-refractivity contribution < 1.29 is 4.79 Å². The second kappa shape index (κ2) is 4.84. The van der Waals surface area contributed by atoms with Gasteiger partial charge in [0.05, 0.1) is 16.8 Å². The Morgan fingerprint density at radius 1 is 1.53 bits per heavy atom. The minimum absolute atomic E-state index is 0.0496. The molecule has 0 aliphatic heterocycles. The molecule has 4 heteroatoms. The molecule has 1 heterocycles. The maximum Gasteiger partial charge on any atom is 0.231 e. The summed E-state index contributed by atoms with van der Waals surface area (Å²) in [6, 6.07) is 3.70. The highest BCUT2D eigenvalue weighted by atomic mass is 16.2. The zero-order valence-electron chi connectivity index (χ0n) is 10.2. The zero-order chi connectivity index (χ0) is 12.3. The van der Waals surface area contributed by atoms with Crippen molar-refractivity contribution >= 4 is 11.6 Å². The first-order valence-corrected chi connectivity index (χ1v) is 6.11. The Bertz CT molecular complexity index is 411. The van der Waals surface area contributed by atoms with Crippen molar-refractivity contribution in [2.45, 2.75) is 32.6 Å². The number of amides is 1. The molecule has 1 aromatic heterocycles. The molecule has 4 nitrogen and oxygen atoms in total. The number of anilines is 1. The first kappa shape index (κ1) is 12.0. The van der Waals surface area contributed by atoms with E-state index < -0.39 is 0 Å². The Morgan fingerprint density at radius 3 is 2.82 bits per heavy atom. The fraction of sp³-hybridized carbons (Fsp3) is 0.538. The summed E-state index contributed by atoms with van der Waals surface area (Å²) in [5, 5.41) is 2.96. The van der Waals surface area contributed by atoms with Crippen molar-refractivity contribution in [3.05, 3.63) is 24.0 Å². The third kappa shape index (κ3) is 2.31. The Kier molecular flexibility index (Phi) is 3.43. The normalized spacial score (nSPS) is 18.0. The van der Waals surface area contributed by atoms with Crippen molar-refractivity contribution in [2.75, 3.05) is 11.9 Å². The van der Waals surface area contributed by atoms with Crippen LogP contribution in [0.25, 0.3) is 0 Å². The summed E-state index contributed by atoms with van der Waals surface area (Å²) in [7, 11) is 0. The number of aryl methyl sites for hydroxylation is 1. The zero-order valence-corrected chi connectivity index (χ0v) is 10.2. The van der Waals surface area contributed by atoms with E-state index in [1.165, 1.54) is 0 Å². The van der Waals surface area contributed by atoms with Gasteiger partial charge in [-0.3, -0.25) is 9.78 Å². The Balaban J connectivity index is 2.14. The molecule has 1 aromatic rings. The van der Waals surface area contributed by atoms with E-state index in [1.807, 2.05) is 19.1 Å². The maximum absolute atomic E-state index is 12.3. The van der Waals surface area contributed by atoms with Crippen molar-refractivity contribution in [1.82, 2.24) is 4.98 Å². The van der Waals surface area contributed by atoms with E-state index in [-0.39, 0.29) is 11.3 Å². The third-order valence-electron chi connectivity index (χ3n) is 3.69. The van der Waals surface area contributed by atoms with E-state index in [1.54, 1.807) is 6.20 Å². The second-order valence-electron chi connectivity index (χ2n) is 4.78. The Hall–Kier alpha value is -1.42. The predicted molar refractivity (Wildman–Crippen MR) is 67.6 cm³/mol. The van der Waals surface area contributed by atoms with Gasteiger partial charge in [0.2, 0.25) is 5.91 Å². The number of carbonyl (C=O) groups excluding carboxylic acids is 1. The summed E-state index contributed by atoms with van der Waals surface area (Å²) in [4.78, 5) is 16.5. The molecule has 1 amide bonds. The van der Waals surface area contributed by atoms with Crippen LogP contribution in [-0.2, 0) is 4.79 Å². The topological polar surface area (TPSA) is 68.0 Å². The summed E-state index contributed by atoms with van der Waals surface area (Å²) < 4.78 is 0. The molecule has 0 spiro atoms. The Labute approximate surface area is 102 Å². The molecular formula is C13H19N3O. The molecule has 2 rings (SSSR count). The van der Waals surface area contributed by atoms with Gasteiger partial charge in [-0.05, 0) is 31.9 Å². The number of hydrogen-bond donors (Lipinski definition) is 2. The number of hydrogen-bond acceptors (Lipinski definition) is 3. The van der Waals surface area contributed by atoms with Gasteiger partial charge >= 0.3 is 0 Å². The lowest BCUT2D eigenvalue weighted by Crippen LogP contribution is -2.40. The quantitative estimate of drug-likeness (QED) is 0.837. The molecule has 0 aromatic carbocycles. The molecule has 17 heavy (non-hydrogen) atoms. The van der Waals surface area contributed by atoms with Crippen molar-refractivity contribution in [3.63, 3.8) is 0 Å². The number of nitrogens with zero attached hydrogens (tertiary/aromatic N) is 1. The summed E-state index contributed by atoms with van der Waals surface area (Å²) in [6.07, 6.45) is 5.70. The standard InChI is InChI=1S/C13H19N3O/c1-10-11(5-4-8-15-10)16-12(17)13(9-14)6-2-3-7-13/h4-5,8H,2-3,6-7,9,14H2,1H3,(H,16,17). The van der Waals surface area contributed by atoms with Crippen molar-refractivity contribution in [3.8, 4) is 0 Å². The van der Waals surface area contributed by atoms with Crippen LogP contribution in [0.1, 0.15) is 31.4 Å². The maximum atomic E-state index is 12.3. The van der Waals surface area contributed by atoms with Crippen LogP contribution in [0.4, 0.5) is 5.69 Å². The van der Waals surface area contributed by atoms with E-state index in [0.29, 0.717) is 6.54 Å². The number of aromatic nitrogens is 1. The minimum atomic E-state index is -0.359. The lowest BCUT2D eigenvalue weighted by Gasteiger charge is -2.25. The molecule has 0 atom stereocenters. The van der Waals surface area contributed by atoms with Gasteiger partial charge < -0.3 is 11.1 Å². The molecule has 3 N–H and O–H groups in total. The number of pyridine rings is 1. The highest BCUT2D eigenvalue weighted by Gasteiger charge is 2.39. The molecule has 1 aliphatic carbocycles. The van der Waals surface area contributed by atoms with E-state index in [4.69, 9.17) is 5.73 Å². The van der Waals surface area contributed by atoms with Gasteiger partial charge in [-0.15, -0.1) is 0 Å². The second-order valence-corrected chi connectivity index (χ2v) is 4.78. The van der Waals surface area contributed by atoms with Gasteiger partial charge in [-0.2, -0.15) is 0 Å². The summed E-state index contributed by atoms with van der Waals surface area (Å²) >= 11 is 0. The monoisotopic (exact) mass is 233 g/mol. The highest BCUT2D eigenvalue weighted by molar-refractivity contribution is 5.96.